The number of nitroso groups, excluding NO2 is 1. The molecule has 0 heterocycles. The Morgan fingerprint density at radius 2 is 1.90 bits per heavy atom. The van der Waals surface area contributed by atoms with Crippen molar-refractivity contribution in [2.45, 2.75) is 69.8 Å². The molecule has 0 unspecified atom stereocenters. The number of ether oxygens (including phenoxy) is 1. The lowest BCUT2D eigenvalue weighted by atomic mass is 9.97. The van der Waals surface area contributed by atoms with Crippen LogP contribution in [0.2, 0.25) is 0 Å². The summed E-state index contributed by atoms with van der Waals surface area (Å²) in [6.45, 7) is 4.69. The van der Waals surface area contributed by atoms with Gasteiger partial charge in [0.15, 0.2) is 0 Å². The Balaban J connectivity index is 2.72. The molecule has 1 saturated carbocycles. The second kappa shape index (κ2) is 7.61. The molecule has 0 aliphatic heterocycles. The van der Waals surface area contributed by atoms with E-state index in [2.05, 4.69) is 9.90 Å². The number of hydrogen-bond acceptors (Lipinski definition) is 6. The Morgan fingerprint density at radius 1 is 1.30 bits per heavy atom. The normalized spacial score (nSPS) is 18.1. The van der Waals surface area contributed by atoms with Gasteiger partial charge >= 0.3 is 5.97 Å². The van der Waals surface area contributed by atoms with Gasteiger partial charge in [0.2, 0.25) is 5.91 Å². The molecule has 0 spiro atoms. The number of carbonyl (C=O) groups excluding carboxylic acids is 2. The van der Waals surface area contributed by atoms with Gasteiger partial charge in [0.05, 0.1) is 4.75 Å². The number of hydrogen-bond donors (Lipinski definition) is 1. The minimum Gasteiger partial charge on any atom is -0.461 e. The Kier molecular flexibility index (Phi) is 6.45. The van der Waals surface area contributed by atoms with Crippen LogP contribution in [0.5, 0.6) is 0 Å². The molecule has 0 bridgehead atoms. The van der Waals surface area contributed by atoms with Crippen LogP contribution < -0.4 is 5.32 Å². The first-order valence-corrected chi connectivity index (χ1v) is 7.62. The molecular formula is C13H22N2O4S. The summed E-state index contributed by atoms with van der Waals surface area (Å²) in [6.07, 6.45) is 4.90. The fourth-order valence-electron chi connectivity index (χ4n) is 2.28. The van der Waals surface area contributed by atoms with E-state index in [1.165, 1.54) is 13.3 Å². The van der Waals surface area contributed by atoms with Crippen molar-refractivity contribution in [3.05, 3.63) is 4.91 Å². The highest BCUT2D eigenvalue weighted by molar-refractivity contribution is 7.99. The van der Waals surface area contributed by atoms with E-state index in [1.807, 2.05) is 0 Å². The molecule has 7 heteroatoms. The summed E-state index contributed by atoms with van der Waals surface area (Å²) in [6, 6.07) is -0.885. The quantitative estimate of drug-likeness (QED) is 0.463. The Morgan fingerprint density at radius 3 is 2.40 bits per heavy atom. The van der Waals surface area contributed by atoms with Crippen molar-refractivity contribution >= 4 is 23.8 Å². The van der Waals surface area contributed by atoms with E-state index in [4.69, 9.17) is 4.74 Å². The third-order valence-electron chi connectivity index (χ3n) is 3.39. The molecule has 0 aromatic heterocycles. The summed E-state index contributed by atoms with van der Waals surface area (Å²) in [7, 11) is 0. The summed E-state index contributed by atoms with van der Waals surface area (Å²) >= 11 is 0.728. The van der Waals surface area contributed by atoms with Crippen molar-refractivity contribution in [3.8, 4) is 0 Å². The molecule has 6 nitrogen and oxygen atoms in total. The van der Waals surface area contributed by atoms with Gasteiger partial charge < -0.3 is 10.1 Å². The third kappa shape index (κ3) is 5.11. The fraction of sp³-hybridized carbons (Fsp3) is 0.846. The molecule has 1 aliphatic carbocycles. The molecule has 1 amide bonds. The van der Waals surface area contributed by atoms with Crippen molar-refractivity contribution < 1.29 is 14.3 Å². The monoisotopic (exact) mass is 302 g/mol. The van der Waals surface area contributed by atoms with E-state index in [1.54, 1.807) is 13.8 Å². The smallest absolute Gasteiger partial charge is 0.330 e. The van der Waals surface area contributed by atoms with E-state index < -0.39 is 16.8 Å². The SMILES string of the molecule is CC(=O)N[C@@H](C(=O)OC1CCCCC1)C(C)(C)SN=O. The summed E-state index contributed by atoms with van der Waals surface area (Å²) < 4.78 is 7.40. The van der Waals surface area contributed by atoms with Crippen LogP contribution in [0.25, 0.3) is 0 Å². The molecule has 20 heavy (non-hydrogen) atoms. The molecule has 0 saturated heterocycles. The van der Waals surface area contributed by atoms with Crippen molar-refractivity contribution in [1.29, 1.82) is 0 Å². The van der Waals surface area contributed by atoms with E-state index in [-0.39, 0.29) is 12.0 Å². The van der Waals surface area contributed by atoms with Crippen LogP contribution in [0, 0.1) is 4.91 Å². The van der Waals surface area contributed by atoms with Gasteiger partial charge in [-0.1, -0.05) is 6.42 Å². The molecule has 1 aliphatic rings. The van der Waals surface area contributed by atoms with Crippen molar-refractivity contribution in [2.24, 2.45) is 4.58 Å². The summed E-state index contributed by atoms with van der Waals surface area (Å²) in [5.41, 5.74) is 0. The Hall–Kier alpha value is -1.11. The predicted molar refractivity (Wildman–Crippen MR) is 78.0 cm³/mol. The molecule has 1 atom stereocenters. The number of amides is 1. The molecule has 1 N–H and O–H groups in total. The maximum Gasteiger partial charge on any atom is 0.330 e. The third-order valence-corrected chi connectivity index (χ3v) is 4.17. The molecule has 0 radical (unpaired) electrons. The first-order valence-electron chi connectivity index (χ1n) is 6.85. The lowest BCUT2D eigenvalue weighted by Gasteiger charge is -2.31. The van der Waals surface area contributed by atoms with Crippen molar-refractivity contribution in [2.75, 3.05) is 0 Å². The van der Waals surface area contributed by atoms with Gasteiger partial charge in [-0.05, 0) is 39.5 Å². The van der Waals surface area contributed by atoms with Crippen LogP contribution in [0.4, 0.5) is 0 Å². The lowest BCUT2D eigenvalue weighted by molar-refractivity contribution is -0.155. The second-order valence-corrected chi connectivity index (χ2v) is 6.98. The molecule has 0 aromatic rings. The van der Waals surface area contributed by atoms with Gasteiger partial charge in [-0.3, -0.25) is 4.79 Å². The van der Waals surface area contributed by atoms with E-state index in [0.29, 0.717) is 0 Å². The van der Waals surface area contributed by atoms with Gasteiger partial charge in [0.1, 0.15) is 12.1 Å². The van der Waals surface area contributed by atoms with Crippen molar-refractivity contribution in [3.63, 3.8) is 0 Å². The van der Waals surface area contributed by atoms with Gasteiger partial charge in [-0.2, -0.15) is 0 Å². The van der Waals surface area contributed by atoms with Crippen LogP contribution in [-0.4, -0.2) is 28.8 Å². The highest BCUT2D eigenvalue weighted by atomic mass is 32.2. The van der Waals surface area contributed by atoms with Crippen molar-refractivity contribution in [1.82, 2.24) is 5.32 Å². The first-order chi connectivity index (χ1) is 9.36. The zero-order valence-corrected chi connectivity index (χ0v) is 13.0. The molecular weight excluding hydrogens is 280 g/mol. The van der Waals surface area contributed by atoms with Crippen LogP contribution in [-0.2, 0) is 14.3 Å². The number of nitrogens with zero attached hydrogens (tertiary/aromatic N) is 1. The number of nitrogens with one attached hydrogen (secondary N) is 1. The largest absolute Gasteiger partial charge is 0.461 e. The van der Waals surface area contributed by atoms with E-state index in [9.17, 15) is 14.5 Å². The zero-order valence-electron chi connectivity index (χ0n) is 12.2. The predicted octanol–water partition coefficient (Wildman–Crippen LogP) is 2.56. The van der Waals surface area contributed by atoms with Gasteiger partial charge in [-0.25, -0.2) is 4.79 Å². The number of rotatable bonds is 6. The number of esters is 1. The highest BCUT2D eigenvalue weighted by Crippen LogP contribution is 2.30. The summed E-state index contributed by atoms with van der Waals surface area (Å²) in [4.78, 5) is 34.0. The number of carbonyl (C=O) groups is 2. The van der Waals surface area contributed by atoms with E-state index >= 15 is 0 Å². The minimum absolute atomic E-state index is 0.0856. The highest BCUT2D eigenvalue weighted by Gasteiger charge is 2.40. The fourth-order valence-corrected chi connectivity index (χ4v) is 2.74. The van der Waals surface area contributed by atoms with E-state index in [0.717, 1.165) is 37.6 Å². The average Bonchev–Trinajstić information content (AvgIpc) is 2.36. The topological polar surface area (TPSA) is 84.8 Å². The van der Waals surface area contributed by atoms with Gasteiger partial charge in [0, 0.05) is 23.5 Å². The zero-order chi connectivity index (χ0) is 15.2. The molecule has 1 rings (SSSR count). The summed E-state index contributed by atoms with van der Waals surface area (Å²) in [5, 5.41) is 2.56. The summed E-state index contributed by atoms with van der Waals surface area (Å²) in [5.74, 6) is -0.830. The maximum absolute atomic E-state index is 12.3. The molecule has 114 valence electrons. The van der Waals surface area contributed by atoms with Gasteiger partial charge in [-0.15, -0.1) is 4.91 Å². The lowest BCUT2D eigenvalue weighted by Crippen LogP contribution is -2.53. The molecule has 1 fully saturated rings. The Bertz CT molecular complexity index is 367. The average molecular weight is 302 g/mol. The van der Waals surface area contributed by atoms with Crippen LogP contribution in [0.3, 0.4) is 0 Å². The standard InChI is InChI=1S/C13H22N2O4S/c1-9(16)14-11(13(2,3)20-15-18)12(17)19-10-7-5-4-6-8-10/h10-11H,4-8H2,1-3H3,(H,14,16)/t11-/m0/s1. The van der Waals surface area contributed by atoms with Gasteiger partial charge in [0.25, 0.3) is 0 Å². The Labute approximate surface area is 123 Å². The van der Waals surface area contributed by atoms with Crippen LogP contribution in [0.1, 0.15) is 52.9 Å². The first kappa shape index (κ1) is 16.9. The maximum atomic E-state index is 12.3. The van der Waals surface area contributed by atoms with Crippen LogP contribution >= 0.6 is 11.9 Å². The second-order valence-electron chi connectivity index (χ2n) is 5.60. The molecule has 0 aromatic carbocycles. The van der Waals surface area contributed by atoms with Crippen LogP contribution in [0.15, 0.2) is 4.58 Å². The minimum atomic E-state index is -0.885.